The Labute approximate surface area is 152 Å². The number of aryl methyl sites for hydroxylation is 1. The SMILES string of the molecule is CC(C)(C)[Si](C)(C)OC1CCc2[nH]c3cc(Br)c(Cl)nc3c2C1. The van der Waals surface area contributed by atoms with E-state index in [4.69, 9.17) is 16.0 Å². The van der Waals surface area contributed by atoms with Gasteiger partial charge in [0.15, 0.2) is 8.32 Å². The maximum absolute atomic E-state index is 6.63. The molecule has 0 aliphatic heterocycles. The van der Waals surface area contributed by atoms with Crippen LogP contribution in [0.3, 0.4) is 0 Å². The van der Waals surface area contributed by atoms with Crippen molar-refractivity contribution in [1.29, 1.82) is 0 Å². The molecule has 1 aliphatic carbocycles. The minimum Gasteiger partial charge on any atom is -0.414 e. The molecule has 0 amide bonds. The van der Waals surface area contributed by atoms with Crippen molar-refractivity contribution in [2.45, 2.75) is 64.3 Å². The topological polar surface area (TPSA) is 37.9 Å². The van der Waals surface area contributed by atoms with Gasteiger partial charge in [-0.3, -0.25) is 0 Å². The fourth-order valence-electron chi connectivity index (χ4n) is 2.94. The maximum atomic E-state index is 6.63. The van der Waals surface area contributed by atoms with Gasteiger partial charge in [0.25, 0.3) is 0 Å². The summed E-state index contributed by atoms with van der Waals surface area (Å²) >= 11 is 9.64. The Hall–Kier alpha value is -0.363. The fourth-order valence-corrected chi connectivity index (χ4v) is 4.78. The van der Waals surface area contributed by atoms with Gasteiger partial charge in [-0.05, 0) is 53.0 Å². The molecule has 23 heavy (non-hydrogen) atoms. The number of nitrogens with zero attached hydrogens (tertiary/aromatic N) is 1. The summed E-state index contributed by atoms with van der Waals surface area (Å²) in [6.45, 7) is 11.5. The monoisotopic (exact) mass is 414 g/mol. The zero-order valence-electron chi connectivity index (χ0n) is 14.4. The smallest absolute Gasteiger partial charge is 0.192 e. The first-order chi connectivity index (χ1) is 10.6. The number of pyridine rings is 1. The van der Waals surface area contributed by atoms with E-state index in [-0.39, 0.29) is 11.1 Å². The lowest BCUT2D eigenvalue weighted by molar-refractivity contribution is 0.165. The minimum atomic E-state index is -1.74. The van der Waals surface area contributed by atoms with Crippen molar-refractivity contribution in [2.75, 3.05) is 0 Å². The molecule has 0 saturated heterocycles. The summed E-state index contributed by atoms with van der Waals surface area (Å²) in [6, 6.07) is 2.02. The number of aromatic amines is 1. The number of aromatic nitrogens is 2. The van der Waals surface area contributed by atoms with Crippen LogP contribution in [-0.4, -0.2) is 24.4 Å². The zero-order chi connectivity index (χ0) is 17.0. The summed E-state index contributed by atoms with van der Waals surface area (Å²) in [5, 5.41) is 0.756. The number of fused-ring (bicyclic) bond motifs is 3. The van der Waals surface area contributed by atoms with Crippen molar-refractivity contribution < 1.29 is 4.43 Å². The van der Waals surface area contributed by atoms with Crippen molar-refractivity contribution in [3.8, 4) is 0 Å². The lowest BCUT2D eigenvalue weighted by Crippen LogP contribution is -2.45. The second-order valence-electron chi connectivity index (χ2n) is 7.98. The van der Waals surface area contributed by atoms with Gasteiger partial charge >= 0.3 is 0 Å². The molecule has 126 valence electrons. The number of rotatable bonds is 2. The summed E-state index contributed by atoms with van der Waals surface area (Å²) in [7, 11) is -1.74. The van der Waals surface area contributed by atoms with Crippen LogP contribution in [0, 0.1) is 0 Å². The van der Waals surface area contributed by atoms with E-state index in [0.717, 1.165) is 34.8 Å². The van der Waals surface area contributed by atoms with Crippen LogP contribution in [0.2, 0.25) is 23.3 Å². The molecule has 2 aromatic rings. The molecule has 0 radical (unpaired) electrons. The molecule has 1 N–H and O–H groups in total. The van der Waals surface area contributed by atoms with Gasteiger partial charge in [-0.1, -0.05) is 32.4 Å². The quantitative estimate of drug-likeness (QED) is 0.493. The summed E-state index contributed by atoms with van der Waals surface area (Å²) < 4.78 is 7.46. The largest absolute Gasteiger partial charge is 0.414 e. The van der Waals surface area contributed by atoms with Crippen molar-refractivity contribution in [1.82, 2.24) is 9.97 Å². The molecule has 6 heteroatoms. The second-order valence-corrected chi connectivity index (χ2v) is 14.0. The van der Waals surface area contributed by atoms with Crippen LogP contribution >= 0.6 is 27.5 Å². The van der Waals surface area contributed by atoms with Crippen LogP contribution in [0.25, 0.3) is 11.0 Å². The first kappa shape index (κ1) is 17.5. The Kier molecular flexibility index (Phi) is 4.45. The van der Waals surface area contributed by atoms with E-state index in [1.54, 1.807) is 0 Å². The third kappa shape index (κ3) is 3.25. The molecule has 0 saturated carbocycles. The van der Waals surface area contributed by atoms with Crippen molar-refractivity contribution >= 4 is 46.9 Å². The van der Waals surface area contributed by atoms with Crippen LogP contribution in [0.1, 0.15) is 38.4 Å². The highest BCUT2D eigenvalue weighted by Crippen LogP contribution is 2.40. The Morgan fingerprint density at radius 2 is 2.09 bits per heavy atom. The highest BCUT2D eigenvalue weighted by atomic mass is 79.9. The number of halogens is 2. The van der Waals surface area contributed by atoms with Crippen LogP contribution in [0.4, 0.5) is 0 Å². The van der Waals surface area contributed by atoms with Gasteiger partial charge in [0.2, 0.25) is 0 Å². The molecule has 0 aromatic carbocycles. The first-order valence-corrected chi connectivity index (χ1v) is 12.2. The third-order valence-corrected chi connectivity index (χ3v) is 10.9. The zero-order valence-corrected chi connectivity index (χ0v) is 17.7. The number of H-pyrrole nitrogens is 1. The third-order valence-electron chi connectivity index (χ3n) is 5.28. The van der Waals surface area contributed by atoms with Gasteiger partial charge in [0.1, 0.15) is 5.15 Å². The number of nitrogens with one attached hydrogen (secondary N) is 1. The number of hydrogen-bond acceptors (Lipinski definition) is 2. The Bertz CT molecular complexity index is 751. The van der Waals surface area contributed by atoms with Crippen molar-refractivity contribution in [2.24, 2.45) is 0 Å². The average molecular weight is 416 g/mol. The second kappa shape index (κ2) is 5.87. The molecule has 1 atom stereocenters. The molecule has 2 heterocycles. The summed E-state index contributed by atoms with van der Waals surface area (Å²) in [5.74, 6) is 0. The van der Waals surface area contributed by atoms with E-state index >= 15 is 0 Å². The Morgan fingerprint density at radius 1 is 1.39 bits per heavy atom. The van der Waals surface area contributed by atoms with E-state index < -0.39 is 8.32 Å². The molecule has 0 fully saturated rings. The molecule has 0 spiro atoms. The van der Waals surface area contributed by atoms with Crippen molar-refractivity contribution in [3.63, 3.8) is 0 Å². The highest BCUT2D eigenvalue weighted by Gasteiger charge is 2.40. The van der Waals surface area contributed by atoms with Gasteiger partial charge < -0.3 is 9.41 Å². The van der Waals surface area contributed by atoms with E-state index in [2.05, 4.69) is 59.8 Å². The predicted molar refractivity (Wildman–Crippen MR) is 103 cm³/mol. The molecule has 1 aliphatic rings. The molecule has 1 unspecified atom stereocenters. The van der Waals surface area contributed by atoms with Crippen LogP contribution in [-0.2, 0) is 17.3 Å². The Morgan fingerprint density at radius 3 is 2.74 bits per heavy atom. The lowest BCUT2D eigenvalue weighted by atomic mass is 9.95. The van der Waals surface area contributed by atoms with Gasteiger partial charge in [-0.2, -0.15) is 0 Å². The standard InChI is InChI=1S/C17H24BrClN2OSi/c1-17(2,3)23(4,5)22-10-6-7-13-11(8-10)15-14(20-13)9-12(18)16(19)21-15/h9-10,20H,6-8H2,1-5H3. The van der Waals surface area contributed by atoms with Gasteiger partial charge in [-0.25, -0.2) is 4.98 Å². The molecular formula is C17H24BrClN2OSi. The van der Waals surface area contributed by atoms with E-state index in [0.29, 0.717) is 5.15 Å². The highest BCUT2D eigenvalue weighted by molar-refractivity contribution is 9.10. The van der Waals surface area contributed by atoms with Gasteiger partial charge in [0.05, 0.1) is 15.5 Å². The number of hydrogen-bond donors (Lipinski definition) is 1. The Balaban J connectivity index is 1.90. The molecule has 0 bridgehead atoms. The first-order valence-electron chi connectivity index (χ1n) is 8.12. The lowest BCUT2D eigenvalue weighted by Gasteiger charge is -2.40. The minimum absolute atomic E-state index is 0.236. The molecule has 3 nitrogen and oxygen atoms in total. The van der Waals surface area contributed by atoms with E-state index in [1.165, 1.54) is 11.3 Å². The summed E-state index contributed by atoms with van der Waals surface area (Å²) in [5.41, 5.74) is 4.62. The fraction of sp³-hybridized carbons (Fsp3) is 0.588. The van der Waals surface area contributed by atoms with Crippen LogP contribution < -0.4 is 0 Å². The van der Waals surface area contributed by atoms with Crippen LogP contribution in [0.5, 0.6) is 0 Å². The molecule has 2 aromatic heterocycles. The predicted octanol–water partition coefficient (Wildman–Crippen LogP) is 5.86. The summed E-state index contributed by atoms with van der Waals surface area (Å²) in [4.78, 5) is 8.07. The normalized spacial score (nSPS) is 19.2. The average Bonchev–Trinajstić information content (AvgIpc) is 2.75. The summed E-state index contributed by atoms with van der Waals surface area (Å²) in [6.07, 6.45) is 3.29. The van der Waals surface area contributed by atoms with E-state index in [1.807, 2.05) is 6.07 Å². The van der Waals surface area contributed by atoms with Crippen molar-refractivity contribution in [3.05, 3.63) is 26.9 Å². The van der Waals surface area contributed by atoms with E-state index in [9.17, 15) is 0 Å². The molecular weight excluding hydrogens is 392 g/mol. The molecule has 3 rings (SSSR count). The van der Waals surface area contributed by atoms with Gasteiger partial charge in [0, 0.05) is 23.8 Å². The van der Waals surface area contributed by atoms with Crippen LogP contribution in [0.15, 0.2) is 10.5 Å². The van der Waals surface area contributed by atoms with Gasteiger partial charge in [-0.15, -0.1) is 0 Å². The maximum Gasteiger partial charge on any atom is 0.192 e.